The van der Waals surface area contributed by atoms with Crippen molar-refractivity contribution in [1.29, 1.82) is 0 Å². The molecule has 6 heteroatoms. The number of ether oxygens (including phenoxy) is 2. The summed E-state index contributed by atoms with van der Waals surface area (Å²) in [6.07, 6.45) is 5.89. The van der Waals surface area contributed by atoms with E-state index in [0.29, 0.717) is 33.0 Å². The zero-order chi connectivity index (χ0) is 23.3. The summed E-state index contributed by atoms with van der Waals surface area (Å²) in [6, 6.07) is 18.5. The molecule has 0 spiro atoms. The van der Waals surface area contributed by atoms with Gasteiger partial charge in [0.2, 0.25) is 0 Å². The fourth-order valence-electron chi connectivity index (χ4n) is 3.42. The van der Waals surface area contributed by atoms with Crippen LogP contribution in [0.2, 0.25) is 5.02 Å². The third-order valence-corrected chi connectivity index (χ3v) is 5.53. The molecule has 0 unspecified atom stereocenters. The SMILES string of the molecule is Cc1c(-c2ccccc2)ccnc1/C=C/c1ccc(CNCCOCCOCCN)cc1Cl. The maximum absolute atomic E-state index is 6.54. The Balaban J connectivity index is 1.51. The van der Waals surface area contributed by atoms with E-state index in [4.69, 9.17) is 26.8 Å². The van der Waals surface area contributed by atoms with Gasteiger partial charge in [-0.15, -0.1) is 0 Å². The molecule has 33 heavy (non-hydrogen) atoms. The molecule has 1 aromatic heterocycles. The average Bonchev–Trinajstić information content (AvgIpc) is 2.84. The van der Waals surface area contributed by atoms with Crippen molar-refractivity contribution >= 4 is 23.8 Å². The molecule has 1 heterocycles. The van der Waals surface area contributed by atoms with Gasteiger partial charge in [-0.25, -0.2) is 0 Å². The molecular formula is C27H32ClN3O2. The first-order chi connectivity index (χ1) is 16.2. The number of hydrogen-bond acceptors (Lipinski definition) is 5. The van der Waals surface area contributed by atoms with Gasteiger partial charge in [0.05, 0.1) is 32.1 Å². The number of rotatable bonds is 13. The number of pyridine rings is 1. The smallest absolute Gasteiger partial charge is 0.0701 e. The van der Waals surface area contributed by atoms with Crippen LogP contribution in [0, 0.1) is 6.92 Å². The fourth-order valence-corrected chi connectivity index (χ4v) is 3.68. The Morgan fingerprint density at radius 2 is 1.76 bits per heavy atom. The van der Waals surface area contributed by atoms with Crippen LogP contribution in [0.3, 0.4) is 0 Å². The summed E-state index contributed by atoms with van der Waals surface area (Å²) in [7, 11) is 0. The van der Waals surface area contributed by atoms with Crippen LogP contribution in [0.1, 0.15) is 22.4 Å². The Morgan fingerprint density at radius 3 is 2.52 bits per heavy atom. The highest BCUT2D eigenvalue weighted by Crippen LogP contribution is 2.26. The van der Waals surface area contributed by atoms with E-state index in [1.807, 2.05) is 48.7 Å². The highest BCUT2D eigenvalue weighted by Gasteiger charge is 2.06. The van der Waals surface area contributed by atoms with Crippen molar-refractivity contribution in [3.8, 4) is 11.1 Å². The Kier molecular flexibility index (Phi) is 10.6. The normalized spacial score (nSPS) is 11.4. The summed E-state index contributed by atoms with van der Waals surface area (Å²) in [5.41, 5.74) is 11.9. The number of hydrogen-bond donors (Lipinski definition) is 2. The molecule has 0 saturated heterocycles. The molecular weight excluding hydrogens is 434 g/mol. The minimum absolute atomic E-state index is 0.538. The number of nitrogens with two attached hydrogens (primary N) is 1. The predicted octanol–water partition coefficient (Wildman–Crippen LogP) is 4.96. The molecule has 0 fully saturated rings. The van der Waals surface area contributed by atoms with Crippen LogP contribution in [0.15, 0.2) is 60.8 Å². The third-order valence-electron chi connectivity index (χ3n) is 5.20. The van der Waals surface area contributed by atoms with Crippen molar-refractivity contribution in [3.63, 3.8) is 0 Å². The molecule has 0 amide bonds. The molecule has 2 aromatic carbocycles. The first-order valence-corrected chi connectivity index (χ1v) is 11.6. The van der Waals surface area contributed by atoms with Gasteiger partial charge in [-0.2, -0.15) is 0 Å². The van der Waals surface area contributed by atoms with Crippen LogP contribution < -0.4 is 11.1 Å². The van der Waals surface area contributed by atoms with Crippen LogP contribution in [0.4, 0.5) is 0 Å². The van der Waals surface area contributed by atoms with E-state index in [-0.39, 0.29) is 0 Å². The number of aromatic nitrogens is 1. The van der Waals surface area contributed by atoms with Crippen LogP contribution >= 0.6 is 11.6 Å². The molecule has 0 aliphatic carbocycles. The second-order valence-electron chi connectivity index (χ2n) is 7.61. The van der Waals surface area contributed by atoms with Crippen LogP contribution in [-0.4, -0.2) is 44.5 Å². The van der Waals surface area contributed by atoms with Gasteiger partial charge in [-0.3, -0.25) is 4.98 Å². The zero-order valence-electron chi connectivity index (χ0n) is 19.1. The first-order valence-electron chi connectivity index (χ1n) is 11.2. The van der Waals surface area contributed by atoms with Gasteiger partial charge < -0.3 is 20.5 Å². The Bertz CT molecular complexity index is 1030. The predicted molar refractivity (Wildman–Crippen MR) is 137 cm³/mol. The van der Waals surface area contributed by atoms with E-state index < -0.39 is 0 Å². The summed E-state index contributed by atoms with van der Waals surface area (Å²) in [6.45, 7) is 6.50. The van der Waals surface area contributed by atoms with Crippen molar-refractivity contribution in [1.82, 2.24) is 10.3 Å². The van der Waals surface area contributed by atoms with E-state index in [1.165, 1.54) is 11.1 Å². The van der Waals surface area contributed by atoms with E-state index in [2.05, 4.69) is 41.5 Å². The fraction of sp³-hybridized carbons (Fsp3) is 0.296. The Morgan fingerprint density at radius 1 is 0.970 bits per heavy atom. The quantitative estimate of drug-likeness (QED) is 0.349. The second-order valence-corrected chi connectivity index (χ2v) is 8.02. The maximum Gasteiger partial charge on any atom is 0.0701 e. The molecule has 0 bridgehead atoms. The number of halogens is 1. The molecule has 3 N–H and O–H groups in total. The molecule has 5 nitrogen and oxygen atoms in total. The average molecular weight is 466 g/mol. The lowest BCUT2D eigenvalue weighted by atomic mass is 10.00. The van der Waals surface area contributed by atoms with Gasteiger partial charge in [0.1, 0.15) is 0 Å². The highest BCUT2D eigenvalue weighted by atomic mass is 35.5. The van der Waals surface area contributed by atoms with Gasteiger partial charge in [0.15, 0.2) is 0 Å². The van der Waals surface area contributed by atoms with Gasteiger partial charge in [0.25, 0.3) is 0 Å². The van der Waals surface area contributed by atoms with E-state index in [9.17, 15) is 0 Å². The largest absolute Gasteiger partial charge is 0.378 e. The lowest BCUT2D eigenvalue weighted by Crippen LogP contribution is -2.20. The molecule has 0 saturated carbocycles. The molecule has 0 radical (unpaired) electrons. The number of nitrogens with one attached hydrogen (secondary N) is 1. The zero-order valence-corrected chi connectivity index (χ0v) is 19.9. The molecule has 174 valence electrons. The molecule has 0 aliphatic heterocycles. The lowest BCUT2D eigenvalue weighted by molar-refractivity contribution is 0.0518. The maximum atomic E-state index is 6.54. The van der Waals surface area contributed by atoms with Crippen molar-refractivity contribution < 1.29 is 9.47 Å². The molecule has 3 rings (SSSR count). The van der Waals surface area contributed by atoms with Crippen molar-refractivity contribution in [2.24, 2.45) is 5.73 Å². The summed E-state index contributed by atoms with van der Waals surface area (Å²) in [5, 5.41) is 4.08. The van der Waals surface area contributed by atoms with Crippen molar-refractivity contribution in [3.05, 3.63) is 88.2 Å². The monoisotopic (exact) mass is 465 g/mol. The minimum atomic E-state index is 0.538. The highest BCUT2D eigenvalue weighted by molar-refractivity contribution is 6.32. The van der Waals surface area contributed by atoms with Gasteiger partial charge >= 0.3 is 0 Å². The summed E-state index contributed by atoms with van der Waals surface area (Å²) < 4.78 is 10.8. The van der Waals surface area contributed by atoms with Gasteiger partial charge in [-0.05, 0) is 52.9 Å². The van der Waals surface area contributed by atoms with Crippen LogP contribution in [-0.2, 0) is 16.0 Å². The number of benzene rings is 2. The molecule has 0 aliphatic rings. The van der Waals surface area contributed by atoms with Gasteiger partial charge in [-0.1, -0.05) is 60.1 Å². The Labute approximate surface area is 201 Å². The van der Waals surface area contributed by atoms with E-state index in [1.54, 1.807) is 0 Å². The summed E-state index contributed by atoms with van der Waals surface area (Å²) >= 11 is 6.54. The van der Waals surface area contributed by atoms with Crippen LogP contribution in [0.5, 0.6) is 0 Å². The second kappa shape index (κ2) is 13.9. The first kappa shape index (κ1) is 25.1. The molecule has 0 atom stereocenters. The van der Waals surface area contributed by atoms with E-state index >= 15 is 0 Å². The van der Waals surface area contributed by atoms with Crippen LogP contribution in [0.25, 0.3) is 23.3 Å². The third kappa shape index (κ3) is 8.07. The van der Waals surface area contributed by atoms with Crippen molar-refractivity contribution in [2.45, 2.75) is 13.5 Å². The van der Waals surface area contributed by atoms with E-state index in [0.717, 1.165) is 40.5 Å². The number of nitrogens with zero attached hydrogens (tertiary/aromatic N) is 1. The summed E-state index contributed by atoms with van der Waals surface area (Å²) in [4.78, 5) is 4.55. The standard InChI is InChI=1S/C27H32ClN3O2/c1-21-25(23-5-3-2-4-6-23)11-13-31-27(21)10-9-24-8-7-22(19-26(24)28)20-30-14-16-33-18-17-32-15-12-29/h2-11,13,19,30H,12,14-18,20,29H2,1H3/b10-9+. The van der Waals surface area contributed by atoms with Gasteiger partial charge in [0, 0.05) is 30.9 Å². The topological polar surface area (TPSA) is 69.4 Å². The minimum Gasteiger partial charge on any atom is -0.378 e. The summed E-state index contributed by atoms with van der Waals surface area (Å²) in [5.74, 6) is 0. The van der Waals surface area contributed by atoms with Crippen molar-refractivity contribution in [2.75, 3.05) is 39.5 Å². The lowest BCUT2D eigenvalue weighted by Gasteiger charge is -2.09. The Hall–Kier alpha value is -2.54. The molecule has 3 aromatic rings.